The largest absolute Gasteiger partial charge is 0.495 e. The van der Waals surface area contributed by atoms with Crippen molar-refractivity contribution in [2.24, 2.45) is 0 Å². The van der Waals surface area contributed by atoms with E-state index >= 15 is 0 Å². The van der Waals surface area contributed by atoms with E-state index in [4.69, 9.17) is 9.26 Å². The summed E-state index contributed by atoms with van der Waals surface area (Å²) in [7, 11) is -2.37. The average Bonchev–Trinajstić information content (AvgIpc) is 3.18. The van der Waals surface area contributed by atoms with Gasteiger partial charge in [0.2, 0.25) is 5.91 Å². The zero-order valence-electron chi connectivity index (χ0n) is 17.1. The van der Waals surface area contributed by atoms with Crippen molar-refractivity contribution in [3.05, 3.63) is 59.8 Å². The van der Waals surface area contributed by atoms with Gasteiger partial charge in [0.25, 0.3) is 0 Å². The molecule has 1 amide bonds. The molecule has 2 aromatic carbocycles. The summed E-state index contributed by atoms with van der Waals surface area (Å²) >= 11 is 0. The number of carbonyl (C=O) groups excluding carboxylic acids is 1. The van der Waals surface area contributed by atoms with Crippen LogP contribution in [0.5, 0.6) is 5.75 Å². The lowest BCUT2D eigenvalue weighted by atomic mass is 10.1. The van der Waals surface area contributed by atoms with Crippen LogP contribution in [0.25, 0.3) is 11.3 Å². The van der Waals surface area contributed by atoms with Crippen LogP contribution in [0.4, 0.5) is 5.69 Å². The molecule has 3 aromatic rings. The summed E-state index contributed by atoms with van der Waals surface area (Å²) in [5.74, 6) is -0.0322. The van der Waals surface area contributed by atoms with Gasteiger partial charge in [-0.15, -0.1) is 0 Å². The highest BCUT2D eigenvalue weighted by Gasteiger charge is 2.23. The normalized spacial score (nSPS) is 11.3. The zero-order valence-corrected chi connectivity index (χ0v) is 18.0. The van der Waals surface area contributed by atoms with Gasteiger partial charge in [0.15, 0.2) is 15.6 Å². The van der Waals surface area contributed by atoms with Gasteiger partial charge in [-0.2, -0.15) is 0 Å². The van der Waals surface area contributed by atoms with Gasteiger partial charge in [0, 0.05) is 23.7 Å². The van der Waals surface area contributed by atoms with Crippen molar-refractivity contribution >= 4 is 21.4 Å². The molecule has 1 N–H and O–H groups in total. The molecule has 0 unspecified atom stereocenters. The Hall–Kier alpha value is -3.13. The Balaban J connectivity index is 1.78. The van der Waals surface area contributed by atoms with Crippen LogP contribution in [0, 0.1) is 6.92 Å². The standard InChI is InChI=1S/C22H24N2O5S/c1-4-16-7-5-6-8-18(16)23-22(25)11-12-30(26,27)21-14-17(9-10-19(21)28-3)20-13-15(2)24-29-20/h5-10,13-14H,4,11-12H2,1-3H3,(H,23,25). The minimum Gasteiger partial charge on any atom is -0.495 e. The van der Waals surface area contributed by atoms with Crippen molar-refractivity contribution in [2.75, 3.05) is 18.2 Å². The summed E-state index contributed by atoms with van der Waals surface area (Å²) in [6, 6.07) is 13.9. The molecule has 30 heavy (non-hydrogen) atoms. The summed E-state index contributed by atoms with van der Waals surface area (Å²) in [6.45, 7) is 3.77. The number of carbonyl (C=O) groups is 1. The molecule has 0 aliphatic heterocycles. The van der Waals surface area contributed by atoms with Crippen molar-refractivity contribution < 1.29 is 22.5 Å². The Labute approximate surface area is 176 Å². The van der Waals surface area contributed by atoms with Crippen LogP contribution in [0.1, 0.15) is 24.6 Å². The quantitative estimate of drug-likeness (QED) is 0.582. The fourth-order valence-electron chi connectivity index (χ4n) is 3.07. The van der Waals surface area contributed by atoms with E-state index in [1.807, 2.05) is 25.1 Å². The summed E-state index contributed by atoms with van der Waals surface area (Å²) in [5, 5.41) is 6.63. The van der Waals surface area contributed by atoms with Gasteiger partial charge < -0.3 is 14.6 Å². The Kier molecular flexibility index (Phi) is 6.56. The molecule has 1 aromatic heterocycles. The molecule has 158 valence electrons. The van der Waals surface area contributed by atoms with Crippen molar-refractivity contribution in [3.63, 3.8) is 0 Å². The molecule has 7 nitrogen and oxygen atoms in total. The number of hydrogen-bond donors (Lipinski definition) is 1. The molecular formula is C22H24N2O5S. The number of aryl methyl sites for hydroxylation is 2. The van der Waals surface area contributed by atoms with Crippen molar-refractivity contribution in [1.82, 2.24) is 5.16 Å². The average molecular weight is 429 g/mol. The molecule has 0 fully saturated rings. The van der Waals surface area contributed by atoms with E-state index in [0.29, 0.717) is 22.7 Å². The fourth-order valence-corrected chi connectivity index (χ4v) is 4.51. The number of hydrogen-bond acceptors (Lipinski definition) is 6. The van der Waals surface area contributed by atoms with Crippen LogP contribution in [0.15, 0.2) is 57.9 Å². The van der Waals surface area contributed by atoms with E-state index in [1.54, 1.807) is 31.2 Å². The second-order valence-electron chi connectivity index (χ2n) is 6.83. The van der Waals surface area contributed by atoms with Crippen molar-refractivity contribution in [3.8, 4) is 17.1 Å². The molecule has 0 aliphatic carbocycles. The Morgan fingerprint density at radius 3 is 2.60 bits per heavy atom. The molecule has 0 aliphatic rings. The summed E-state index contributed by atoms with van der Waals surface area (Å²) in [5.41, 5.74) is 2.94. The Morgan fingerprint density at radius 2 is 1.93 bits per heavy atom. The van der Waals surface area contributed by atoms with Crippen LogP contribution in [0.3, 0.4) is 0 Å². The van der Waals surface area contributed by atoms with Crippen LogP contribution in [0.2, 0.25) is 0 Å². The highest BCUT2D eigenvalue weighted by atomic mass is 32.2. The molecule has 8 heteroatoms. The summed E-state index contributed by atoms with van der Waals surface area (Å²) in [4.78, 5) is 12.4. The molecule has 3 rings (SSSR count). The molecule has 0 bridgehead atoms. The predicted octanol–water partition coefficient (Wildman–Crippen LogP) is 4.02. The molecule has 0 saturated carbocycles. The zero-order chi connectivity index (χ0) is 21.7. The van der Waals surface area contributed by atoms with E-state index in [9.17, 15) is 13.2 Å². The van der Waals surface area contributed by atoms with E-state index in [0.717, 1.165) is 12.0 Å². The maximum absolute atomic E-state index is 13.0. The molecule has 1 heterocycles. The third-order valence-corrected chi connectivity index (χ3v) is 6.41. The van der Waals surface area contributed by atoms with E-state index in [1.165, 1.54) is 13.2 Å². The first-order valence-corrected chi connectivity index (χ1v) is 11.2. The number of ether oxygens (including phenoxy) is 1. The van der Waals surface area contributed by atoms with Gasteiger partial charge >= 0.3 is 0 Å². The number of benzene rings is 2. The van der Waals surface area contributed by atoms with Gasteiger partial charge in [-0.05, 0) is 43.2 Å². The lowest BCUT2D eigenvalue weighted by Crippen LogP contribution is -2.18. The Bertz CT molecular complexity index is 1150. The number of aromatic nitrogens is 1. The van der Waals surface area contributed by atoms with Crippen LogP contribution in [-0.2, 0) is 21.1 Å². The van der Waals surface area contributed by atoms with Gasteiger partial charge in [0.05, 0.1) is 18.6 Å². The summed E-state index contributed by atoms with van der Waals surface area (Å²) in [6.07, 6.45) is 0.592. The number of nitrogens with zero attached hydrogens (tertiary/aromatic N) is 1. The topological polar surface area (TPSA) is 98.5 Å². The first-order chi connectivity index (χ1) is 14.3. The van der Waals surface area contributed by atoms with Gasteiger partial charge in [-0.3, -0.25) is 4.79 Å². The van der Waals surface area contributed by atoms with Crippen molar-refractivity contribution in [1.29, 1.82) is 0 Å². The van der Waals surface area contributed by atoms with E-state index in [2.05, 4.69) is 10.5 Å². The SMILES string of the molecule is CCc1ccccc1NC(=O)CCS(=O)(=O)c1cc(-c2cc(C)no2)ccc1OC. The van der Waals surface area contributed by atoms with Gasteiger partial charge in [0.1, 0.15) is 10.6 Å². The third-order valence-electron chi connectivity index (χ3n) is 4.68. The predicted molar refractivity (Wildman–Crippen MR) is 114 cm³/mol. The highest BCUT2D eigenvalue weighted by Crippen LogP contribution is 2.31. The number of sulfone groups is 1. The number of amides is 1. The highest BCUT2D eigenvalue weighted by molar-refractivity contribution is 7.91. The number of rotatable bonds is 8. The maximum Gasteiger partial charge on any atom is 0.225 e. The molecule has 0 radical (unpaired) electrons. The maximum atomic E-state index is 13.0. The fraction of sp³-hybridized carbons (Fsp3) is 0.273. The number of para-hydroxylation sites is 1. The third kappa shape index (κ3) is 4.88. The number of methoxy groups -OCH3 is 1. The lowest BCUT2D eigenvalue weighted by molar-refractivity contribution is -0.115. The van der Waals surface area contributed by atoms with Crippen LogP contribution < -0.4 is 10.1 Å². The second kappa shape index (κ2) is 9.13. The first-order valence-electron chi connectivity index (χ1n) is 9.56. The van der Waals surface area contributed by atoms with E-state index in [-0.39, 0.29) is 28.7 Å². The van der Waals surface area contributed by atoms with Crippen molar-refractivity contribution in [2.45, 2.75) is 31.6 Å². The second-order valence-corrected chi connectivity index (χ2v) is 8.90. The molecular weight excluding hydrogens is 404 g/mol. The van der Waals surface area contributed by atoms with Gasteiger partial charge in [-0.25, -0.2) is 8.42 Å². The Morgan fingerprint density at radius 1 is 1.17 bits per heavy atom. The molecule has 0 atom stereocenters. The number of nitrogens with one attached hydrogen (secondary N) is 1. The van der Waals surface area contributed by atoms with E-state index < -0.39 is 9.84 Å². The molecule has 0 spiro atoms. The number of anilines is 1. The van der Waals surface area contributed by atoms with Crippen LogP contribution >= 0.6 is 0 Å². The lowest BCUT2D eigenvalue weighted by Gasteiger charge is -2.12. The minimum absolute atomic E-state index is 0.0123. The monoisotopic (exact) mass is 428 g/mol. The van der Waals surface area contributed by atoms with Crippen LogP contribution in [-0.4, -0.2) is 32.3 Å². The minimum atomic E-state index is -3.78. The van der Waals surface area contributed by atoms with Gasteiger partial charge in [-0.1, -0.05) is 30.3 Å². The first kappa shape index (κ1) is 21.6. The summed E-state index contributed by atoms with van der Waals surface area (Å²) < 4.78 is 36.4. The smallest absolute Gasteiger partial charge is 0.225 e. The molecule has 0 saturated heterocycles.